The van der Waals surface area contributed by atoms with Crippen molar-refractivity contribution >= 4 is 5.69 Å². The van der Waals surface area contributed by atoms with Crippen molar-refractivity contribution in [2.24, 2.45) is 0 Å². The van der Waals surface area contributed by atoms with Crippen LogP contribution in [0.5, 0.6) is 0 Å². The van der Waals surface area contributed by atoms with Gasteiger partial charge < -0.3 is 5.32 Å². The Morgan fingerprint density at radius 2 is 2.15 bits per heavy atom. The number of aromatic nitrogens is 5. The number of nitrogens with one attached hydrogen (secondary N) is 1. The Bertz CT molecular complexity index is 678. The molecule has 100 valence electrons. The lowest BCUT2D eigenvalue weighted by atomic mass is 10.1. The fourth-order valence-corrected chi connectivity index (χ4v) is 1.99. The predicted molar refractivity (Wildman–Crippen MR) is 75.5 cm³/mol. The van der Waals surface area contributed by atoms with Gasteiger partial charge >= 0.3 is 0 Å². The van der Waals surface area contributed by atoms with E-state index in [4.69, 9.17) is 0 Å². The lowest BCUT2D eigenvalue weighted by Crippen LogP contribution is -2.03. The molecule has 6 nitrogen and oxygen atoms in total. The van der Waals surface area contributed by atoms with Crippen molar-refractivity contribution in [2.75, 3.05) is 5.32 Å². The molecule has 0 spiro atoms. The first-order valence-electron chi connectivity index (χ1n) is 6.31. The number of hydrogen-bond donors (Lipinski definition) is 1. The van der Waals surface area contributed by atoms with Crippen LogP contribution in [-0.4, -0.2) is 25.2 Å². The Labute approximate surface area is 116 Å². The summed E-state index contributed by atoms with van der Waals surface area (Å²) < 4.78 is 1.65. The molecule has 1 aromatic carbocycles. The molecule has 20 heavy (non-hydrogen) atoms. The third-order valence-electron chi connectivity index (χ3n) is 2.99. The van der Waals surface area contributed by atoms with Crippen molar-refractivity contribution < 1.29 is 0 Å². The standard InChI is InChI=1S/C14H14N6/c1-11-8-12(16-9-13-4-2-3-7-15-13)5-6-14(11)20-10-17-18-19-20/h2-8,10,16H,9H2,1H3. The molecule has 0 aliphatic carbocycles. The Morgan fingerprint density at radius 3 is 2.85 bits per heavy atom. The minimum absolute atomic E-state index is 0.699. The second kappa shape index (κ2) is 5.48. The first kappa shape index (κ1) is 12.3. The second-order valence-corrected chi connectivity index (χ2v) is 4.43. The van der Waals surface area contributed by atoms with Crippen LogP contribution in [0.15, 0.2) is 48.9 Å². The summed E-state index contributed by atoms with van der Waals surface area (Å²) in [5, 5.41) is 14.5. The minimum atomic E-state index is 0.699. The molecule has 0 unspecified atom stereocenters. The highest BCUT2D eigenvalue weighted by atomic mass is 15.5. The van der Waals surface area contributed by atoms with E-state index in [2.05, 4.69) is 31.9 Å². The normalized spacial score (nSPS) is 10.4. The Morgan fingerprint density at radius 1 is 1.20 bits per heavy atom. The Balaban J connectivity index is 1.74. The van der Waals surface area contributed by atoms with Gasteiger partial charge in [0.15, 0.2) is 0 Å². The van der Waals surface area contributed by atoms with Crippen molar-refractivity contribution in [1.29, 1.82) is 0 Å². The smallest absolute Gasteiger partial charge is 0.143 e. The average molecular weight is 266 g/mol. The number of hydrogen-bond acceptors (Lipinski definition) is 5. The molecule has 0 bridgehead atoms. The van der Waals surface area contributed by atoms with Gasteiger partial charge in [-0.3, -0.25) is 4.98 Å². The molecule has 1 N–H and O–H groups in total. The van der Waals surface area contributed by atoms with Gasteiger partial charge in [0.2, 0.25) is 0 Å². The number of anilines is 1. The van der Waals surface area contributed by atoms with Gasteiger partial charge in [-0.05, 0) is 53.2 Å². The van der Waals surface area contributed by atoms with Crippen molar-refractivity contribution in [2.45, 2.75) is 13.5 Å². The topological polar surface area (TPSA) is 68.5 Å². The minimum Gasteiger partial charge on any atom is -0.379 e. The summed E-state index contributed by atoms with van der Waals surface area (Å²) in [4.78, 5) is 4.28. The van der Waals surface area contributed by atoms with E-state index in [0.717, 1.165) is 22.6 Å². The molecule has 0 fully saturated rings. The van der Waals surface area contributed by atoms with Gasteiger partial charge in [-0.15, -0.1) is 5.10 Å². The number of rotatable bonds is 4. The van der Waals surface area contributed by atoms with Crippen molar-refractivity contribution in [3.05, 3.63) is 60.2 Å². The summed E-state index contributed by atoms with van der Waals surface area (Å²) in [6.45, 7) is 2.73. The quantitative estimate of drug-likeness (QED) is 0.782. The van der Waals surface area contributed by atoms with Gasteiger partial charge in [-0.1, -0.05) is 6.07 Å². The molecule has 0 aliphatic rings. The number of pyridine rings is 1. The zero-order valence-corrected chi connectivity index (χ0v) is 11.1. The molecule has 0 saturated carbocycles. The fraction of sp³-hybridized carbons (Fsp3) is 0.143. The highest BCUT2D eigenvalue weighted by Crippen LogP contribution is 2.18. The first-order valence-corrected chi connectivity index (χ1v) is 6.31. The van der Waals surface area contributed by atoms with Gasteiger partial charge in [0, 0.05) is 11.9 Å². The van der Waals surface area contributed by atoms with Crippen LogP contribution in [0, 0.1) is 6.92 Å². The molecule has 2 heterocycles. The lowest BCUT2D eigenvalue weighted by molar-refractivity contribution is 0.785. The first-order chi connectivity index (χ1) is 9.83. The van der Waals surface area contributed by atoms with Crippen molar-refractivity contribution in [3.8, 4) is 5.69 Å². The maximum absolute atomic E-state index is 4.28. The van der Waals surface area contributed by atoms with Crippen LogP contribution in [0.1, 0.15) is 11.3 Å². The summed E-state index contributed by atoms with van der Waals surface area (Å²) in [6, 6.07) is 12.0. The van der Waals surface area contributed by atoms with E-state index in [-0.39, 0.29) is 0 Å². The predicted octanol–water partition coefficient (Wildman–Crippen LogP) is 1.98. The molecule has 0 radical (unpaired) electrons. The maximum Gasteiger partial charge on any atom is 0.143 e. The van der Waals surface area contributed by atoms with Crippen LogP contribution in [0.25, 0.3) is 5.69 Å². The summed E-state index contributed by atoms with van der Waals surface area (Å²) in [5.41, 5.74) is 4.13. The van der Waals surface area contributed by atoms with Gasteiger partial charge in [-0.25, -0.2) is 4.68 Å². The zero-order chi connectivity index (χ0) is 13.8. The maximum atomic E-state index is 4.28. The SMILES string of the molecule is Cc1cc(NCc2ccccn2)ccc1-n1cnnn1. The van der Waals surface area contributed by atoms with E-state index in [0.29, 0.717) is 6.54 Å². The third-order valence-corrected chi connectivity index (χ3v) is 2.99. The zero-order valence-electron chi connectivity index (χ0n) is 11.1. The highest BCUT2D eigenvalue weighted by molar-refractivity contribution is 5.53. The number of benzene rings is 1. The van der Waals surface area contributed by atoms with Crippen LogP contribution in [-0.2, 0) is 6.54 Å². The Kier molecular flexibility index (Phi) is 3.36. The summed E-state index contributed by atoms with van der Waals surface area (Å²) in [5.74, 6) is 0. The van der Waals surface area contributed by atoms with Crippen LogP contribution in [0.4, 0.5) is 5.69 Å². The summed E-state index contributed by atoms with van der Waals surface area (Å²) in [7, 11) is 0. The second-order valence-electron chi connectivity index (χ2n) is 4.43. The average Bonchev–Trinajstić information content (AvgIpc) is 3.00. The summed E-state index contributed by atoms with van der Waals surface area (Å²) in [6.07, 6.45) is 3.38. The molecule has 0 aliphatic heterocycles. The van der Waals surface area contributed by atoms with Gasteiger partial charge in [0.05, 0.1) is 17.9 Å². The Hall–Kier alpha value is -2.76. The molecule has 0 atom stereocenters. The van der Waals surface area contributed by atoms with E-state index in [1.54, 1.807) is 17.2 Å². The number of tetrazole rings is 1. The monoisotopic (exact) mass is 266 g/mol. The largest absolute Gasteiger partial charge is 0.379 e. The molecule has 6 heteroatoms. The van der Waals surface area contributed by atoms with Gasteiger partial charge in [-0.2, -0.15) is 0 Å². The van der Waals surface area contributed by atoms with Gasteiger partial charge in [0.1, 0.15) is 6.33 Å². The number of nitrogens with zero attached hydrogens (tertiary/aromatic N) is 5. The van der Waals surface area contributed by atoms with Crippen molar-refractivity contribution in [3.63, 3.8) is 0 Å². The van der Waals surface area contributed by atoms with Gasteiger partial charge in [0.25, 0.3) is 0 Å². The number of aryl methyl sites for hydroxylation is 1. The molecule has 3 rings (SSSR count). The van der Waals surface area contributed by atoms with Crippen molar-refractivity contribution in [1.82, 2.24) is 25.2 Å². The van der Waals surface area contributed by atoms with Crippen LogP contribution in [0.3, 0.4) is 0 Å². The van der Waals surface area contributed by atoms with E-state index >= 15 is 0 Å². The van der Waals surface area contributed by atoms with Crippen LogP contribution >= 0.6 is 0 Å². The van der Waals surface area contributed by atoms with E-state index in [1.807, 2.05) is 37.3 Å². The van der Waals surface area contributed by atoms with E-state index in [9.17, 15) is 0 Å². The molecular weight excluding hydrogens is 252 g/mol. The molecular formula is C14H14N6. The lowest BCUT2D eigenvalue weighted by Gasteiger charge is -2.09. The molecule has 3 aromatic rings. The van der Waals surface area contributed by atoms with Crippen LogP contribution in [0.2, 0.25) is 0 Å². The highest BCUT2D eigenvalue weighted by Gasteiger charge is 2.03. The van der Waals surface area contributed by atoms with Crippen LogP contribution < -0.4 is 5.32 Å². The molecule has 0 saturated heterocycles. The molecule has 2 aromatic heterocycles. The molecule has 0 amide bonds. The van der Waals surface area contributed by atoms with E-state index < -0.39 is 0 Å². The third kappa shape index (κ3) is 2.64. The summed E-state index contributed by atoms with van der Waals surface area (Å²) >= 11 is 0. The van der Waals surface area contributed by atoms with E-state index in [1.165, 1.54) is 0 Å². The fourth-order valence-electron chi connectivity index (χ4n) is 1.99.